The van der Waals surface area contributed by atoms with Gasteiger partial charge in [-0.25, -0.2) is 0 Å². The molecule has 106 valence electrons. The van der Waals surface area contributed by atoms with E-state index in [9.17, 15) is 18.0 Å². The predicted octanol–water partition coefficient (Wildman–Crippen LogP) is 2.54. The van der Waals surface area contributed by atoms with Crippen LogP contribution in [-0.2, 0) is 9.53 Å². The van der Waals surface area contributed by atoms with Gasteiger partial charge in [0, 0.05) is 6.04 Å². The molecule has 0 fully saturated rings. The summed E-state index contributed by atoms with van der Waals surface area (Å²) in [4.78, 5) is 11.2. The number of carbonyl (C=O) groups is 1. The first-order chi connectivity index (χ1) is 8.81. The predicted molar refractivity (Wildman–Crippen MR) is 61.3 cm³/mol. The topological polar surface area (TPSA) is 61.5 Å². The molecule has 0 amide bonds. The van der Waals surface area contributed by atoms with Gasteiger partial charge in [-0.2, -0.15) is 0 Å². The van der Waals surface area contributed by atoms with E-state index in [0.29, 0.717) is 5.56 Å². The molecule has 0 unspecified atom stereocenters. The van der Waals surface area contributed by atoms with Crippen LogP contribution in [0.3, 0.4) is 0 Å². The molecule has 0 aromatic heterocycles. The maximum absolute atomic E-state index is 12.1. The first-order valence-corrected chi connectivity index (χ1v) is 5.58. The first-order valence-electron chi connectivity index (χ1n) is 5.58. The molecule has 0 radical (unpaired) electrons. The molecule has 1 atom stereocenters. The minimum atomic E-state index is -4.76. The second-order valence-corrected chi connectivity index (χ2v) is 3.74. The largest absolute Gasteiger partial charge is 0.573 e. The number of benzene rings is 1. The summed E-state index contributed by atoms with van der Waals surface area (Å²) >= 11 is 0. The second kappa shape index (κ2) is 6.42. The molecule has 1 rings (SSSR count). The number of hydrogen-bond acceptors (Lipinski definition) is 4. The molecule has 19 heavy (non-hydrogen) atoms. The number of halogens is 3. The zero-order valence-corrected chi connectivity index (χ0v) is 10.2. The summed E-state index contributed by atoms with van der Waals surface area (Å²) in [6.07, 6.45) is -4.87. The minimum Gasteiger partial charge on any atom is -0.466 e. The SMILES string of the molecule is CCOC(=O)C[C@H](N)c1cccc(OC(F)(F)F)c1. The highest BCUT2D eigenvalue weighted by atomic mass is 19.4. The number of alkyl halides is 3. The van der Waals surface area contributed by atoms with Crippen molar-refractivity contribution < 1.29 is 27.4 Å². The van der Waals surface area contributed by atoms with Crippen LogP contribution in [0.5, 0.6) is 5.75 Å². The van der Waals surface area contributed by atoms with E-state index in [2.05, 4.69) is 4.74 Å². The smallest absolute Gasteiger partial charge is 0.466 e. The van der Waals surface area contributed by atoms with Gasteiger partial charge < -0.3 is 15.2 Å². The van der Waals surface area contributed by atoms with Crippen molar-refractivity contribution in [3.05, 3.63) is 29.8 Å². The highest BCUT2D eigenvalue weighted by Crippen LogP contribution is 2.25. The molecular weight excluding hydrogens is 263 g/mol. The van der Waals surface area contributed by atoms with Crippen LogP contribution >= 0.6 is 0 Å². The summed E-state index contributed by atoms with van der Waals surface area (Å²) in [5.41, 5.74) is 6.09. The fourth-order valence-electron chi connectivity index (χ4n) is 1.46. The minimum absolute atomic E-state index is 0.108. The monoisotopic (exact) mass is 277 g/mol. The van der Waals surface area contributed by atoms with Crippen LogP contribution in [0.4, 0.5) is 13.2 Å². The highest BCUT2D eigenvalue weighted by molar-refractivity contribution is 5.70. The molecule has 7 heteroatoms. The van der Waals surface area contributed by atoms with E-state index < -0.39 is 18.4 Å². The molecule has 1 aromatic rings. The third-order valence-electron chi connectivity index (χ3n) is 2.21. The van der Waals surface area contributed by atoms with Gasteiger partial charge in [0.1, 0.15) is 5.75 Å². The summed E-state index contributed by atoms with van der Waals surface area (Å²) in [5, 5.41) is 0. The summed E-state index contributed by atoms with van der Waals surface area (Å²) in [5.74, 6) is -0.874. The van der Waals surface area contributed by atoms with E-state index in [-0.39, 0.29) is 18.8 Å². The van der Waals surface area contributed by atoms with Crippen molar-refractivity contribution in [3.63, 3.8) is 0 Å². The lowest BCUT2D eigenvalue weighted by Crippen LogP contribution is -2.19. The Bertz CT molecular complexity index is 434. The van der Waals surface area contributed by atoms with Crippen molar-refractivity contribution in [2.24, 2.45) is 5.73 Å². The molecular formula is C12H14F3NO3. The third-order valence-corrected chi connectivity index (χ3v) is 2.21. The van der Waals surface area contributed by atoms with Crippen LogP contribution in [0.2, 0.25) is 0 Å². The Hall–Kier alpha value is -1.76. The van der Waals surface area contributed by atoms with E-state index in [1.54, 1.807) is 6.92 Å². The molecule has 0 saturated carbocycles. The third kappa shape index (κ3) is 5.60. The van der Waals surface area contributed by atoms with Crippen molar-refractivity contribution in [1.29, 1.82) is 0 Å². The second-order valence-electron chi connectivity index (χ2n) is 3.74. The molecule has 0 aliphatic heterocycles. The summed E-state index contributed by atoms with van der Waals surface area (Å²) in [6, 6.07) is 4.47. The molecule has 0 spiro atoms. The fraction of sp³-hybridized carbons (Fsp3) is 0.417. The number of nitrogens with two attached hydrogens (primary N) is 1. The van der Waals surface area contributed by atoms with Gasteiger partial charge in [0.15, 0.2) is 0 Å². The van der Waals surface area contributed by atoms with Gasteiger partial charge in [0.25, 0.3) is 0 Å². The van der Waals surface area contributed by atoms with Crippen LogP contribution in [0.25, 0.3) is 0 Å². The van der Waals surface area contributed by atoms with Crippen molar-refractivity contribution in [3.8, 4) is 5.75 Å². The number of hydrogen-bond donors (Lipinski definition) is 1. The Morgan fingerprint density at radius 2 is 2.11 bits per heavy atom. The Labute approximate surface area is 108 Å². The van der Waals surface area contributed by atoms with Crippen LogP contribution < -0.4 is 10.5 Å². The zero-order chi connectivity index (χ0) is 14.5. The van der Waals surface area contributed by atoms with Crippen molar-refractivity contribution in [2.45, 2.75) is 25.7 Å². The lowest BCUT2D eigenvalue weighted by Gasteiger charge is -2.14. The van der Waals surface area contributed by atoms with Crippen molar-refractivity contribution in [2.75, 3.05) is 6.61 Å². The van der Waals surface area contributed by atoms with Gasteiger partial charge in [-0.1, -0.05) is 12.1 Å². The van der Waals surface area contributed by atoms with E-state index in [1.165, 1.54) is 12.1 Å². The molecule has 0 heterocycles. The molecule has 4 nitrogen and oxygen atoms in total. The zero-order valence-electron chi connectivity index (χ0n) is 10.2. The highest BCUT2D eigenvalue weighted by Gasteiger charge is 2.31. The van der Waals surface area contributed by atoms with E-state index in [1.807, 2.05) is 0 Å². The lowest BCUT2D eigenvalue weighted by atomic mass is 10.0. The van der Waals surface area contributed by atoms with Crippen LogP contribution in [0.15, 0.2) is 24.3 Å². The van der Waals surface area contributed by atoms with Crippen LogP contribution in [0, 0.1) is 0 Å². The van der Waals surface area contributed by atoms with Gasteiger partial charge in [-0.15, -0.1) is 13.2 Å². The van der Waals surface area contributed by atoms with E-state index >= 15 is 0 Å². The first kappa shape index (κ1) is 15.3. The molecule has 1 aromatic carbocycles. The van der Waals surface area contributed by atoms with Gasteiger partial charge in [0.05, 0.1) is 13.0 Å². The maximum atomic E-state index is 12.1. The average Bonchev–Trinajstić information content (AvgIpc) is 2.27. The van der Waals surface area contributed by atoms with Gasteiger partial charge in [-0.3, -0.25) is 4.79 Å². The van der Waals surface area contributed by atoms with Crippen molar-refractivity contribution in [1.82, 2.24) is 0 Å². The van der Waals surface area contributed by atoms with E-state index in [4.69, 9.17) is 10.5 Å². The summed E-state index contributed by atoms with van der Waals surface area (Å²) in [6.45, 7) is 1.88. The Balaban J connectivity index is 2.73. The molecule has 0 aliphatic carbocycles. The fourth-order valence-corrected chi connectivity index (χ4v) is 1.46. The normalized spacial score (nSPS) is 12.9. The maximum Gasteiger partial charge on any atom is 0.573 e. The molecule has 0 saturated heterocycles. The standard InChI is InChI=1S/C12H14F3NO3/c1-2-18-11(17)7-10(16)8-4-3-5-9(6-8)19-12(13,14)15/h3-6,10H,2,7,16H2,1H3/t10-/m0/s1. The van der Waals surface area contributed by atoms with Crippen molar-refractivity contribution >= 4 is 5.97 Å². The summed E-state index contributed by atoms with van der Waals surface area (Å²) < 4.78 is 44.7. The molecule has 0 aliphatic rings. The Morgan fingerprint density at radius 3 is 2.68 bits per heavy atom. The molecule has 2 N–H and O–H groups in total. The molecule has 0 bridgehead atoms. The van der Waals surface area contributed by atoms with Gasteiger partial charge in [0.2, 0.25) is 0 Å². The number of ether oxygens (including phenoxy) is 2. The van der Waals surface area contributed by atoms with Gasteiger partial charge >= 0.3 is 12.3 Å². The number of carbonyl (C=O) groups excluding carboxylic acids is 1. The Morgan fingerprint density at radius 1 is 1.42 bits per heavy atom. The number of rotatable bonds is 5. The lowest BCUT2D eigenvalue weighted by molar-refractivity contribution is -0.274. The van der Waals surface area contributed by atoms with Crippen LogP contribution in [0.1, 0.15) is 24.9 Å². The average molecular weight is 277 g/mol. The number of esters is 1. The van der Waals surface area contributed by atoms with Crippen LogP contribution in [-0.4, -0.2) is 18.9 Å². The summed E-state index contributed by atoms with van der Waals surface area (Å²) in [7, 11) is 0. The van der Waals surface area contributed by atoms with E-state index in [0.717, 1.165) is 12.1 Å². The van der Waals surface area contributed by atoms with Gasteiger partial charge in [-0.05, 0) is 24.6 Å². The Kier molecular flexibility index (Phi) is 5.17. The quantitative estimate of drug-likeness (QED) is 0.840.